The van der Waals surface area contributed by atoms with Crippen LogP contribution in [-0.2, 0) is 9.59 Å². The van der Waals surface area contributed by atoms with Gasteiger partial charge in [-0.05, 0) is 39.2 Å². The number of likely N-dealkylation sites (tertiary alicyclic amines) is 1. The second-order valence-electron chi connectivity index (χ2n) is 5.26. The molecule has 1 heterocycles. The van der Waals surface area contributed by atoms with E-state index in [1.807, 2.05) is 4.90 Å². The first-order valence-electron chi connectivity index (χ1n) is 6.30. The van der Waals surface area contributed by atoms with Crippen LogP contribution in [0.4, 0.5) is 0 Å². The Bertz CT molecular complexity index is 328. The molecule has 1 unspecified atom stereocenters. The van der Waals surface area contributed by atoms with Crippen molar-refractivity contribution in [2.75, 3.05) is 13.1 Å². The number of nitrogens with zero attached hydrogens (tertiary/aromatic N) is 1. The van der Waals surface area contributed by atoms with Crippen molar-refractivity contribution in [3.05, 3.63) is 0 Å². The van der Waals surface area contributed by atoms with Crippen molar-refractivity contribution < 1.29 is 14.7 Å². The molecule has 1 atom stereocenters. The van der Waals surface area contributed by atoms with Gasteiger partial charge in [0, 0.05) is 19.0 Å². The molecule has 5 nitrogen and oxygen atoms in total. The van der Waals surface area contributed by atoms with Crippen LogP contribution in [-0.4, -0.2) is 46.6 Å². The van der Waals surface area contributed by atoms with Gasteiger partial charge in [-0.25, -0.2) is 0 Å². The van der Waals surface area contributed by atoms with Gasteiger partial charge in [0.25, 0.3) is 0 Å². The van der Waals surface area contributed by atoms with Crippen molar-refractivity contribution in [3.8, 4) is 0 Å². The first kappa shape index (κ1) is 12.4. The normalized spacial score (nSPS) is 29.2. The number of carbonyl (C=O) groups excluding carboxylic acids is 1. The van der Waals surface area contributed by atoms with Gasteiger partial charge in [0.15, 0.2) is 0 Å². The number of hydrogen-bond donors (Lipinski definition) is 2. The maximum Gasteiger partial charge on any atom is 0.323 e. The van der Waals surface area contributed by atoms with Crippen molar-refractivity contribution in [1.29, 1.82) is 0 Å². The summed E-state index contributed by atoms with van der Waals surface area (Å²) in [4.78, 5) is 24.7. The zero-order valence-electron chi connectivity index (χ0n) is 10.2. The number of aliphatic carboxylic acids is 1. The second kappa shape index (κ2) is 4.64. The zero-order valence-corrected chi connectivity index (χ0v) is 10.2. The summed E-state index contributed by atoms with van der Waals surface area (Å²) in [6.07, 6.45) is 4.14. The molecule has 2 rings (SSSR count). The minimum absolute atomic E-state index is 0.0483. The highest BCUT2D eigenvalue weighted by molar-refractivity contribution is 5.79. The van der Waals surface area contributed by atoms with E-state index in [4.69, 9.17) is 0 Å². The van der Waals surface area contributed by atoms with E-state index >= 15 is 0 Å². The predicted octanol–water partition coefficient (Wildman–Crippen LogP) is 0.594. The van der Waals surface area contributed by atoms with Crippen LogP contribution in [0.5, 0.6) is 0 Å². The first-order valence-corrected chi connectivity index (χ1v) is 6.30. The number of amides is 1. The molecule has 17 heavy (non-hydrogen) atoms. The number of carbonyl (C=O) groups is 2. The maximum atomic E-state index is 11.5. The number of hydrogen-bond acceptors (Lipinski definition) is 3. The lowest BCUT2D eigenvalue weighted by Gasteiger charge is -2.30. The predicted molar refractivity (Wildman–Crippen MR) is 62.6 cm³/mol. The first-order chi connectivity index (χ1) is 8.02. The fourth-order valence-corrected chi connectivity index (χ4v) is 2.38. The Balaban J connectivity index is 1.81. The molecular weight excluding hydrogens is 220 g/mol. The molecule has 0 radical (unpaired) electrons. The Labute approximate surface area is 101 Å². The van der Waals surface area contributed by atoms with Gasteiger partial charge in [-0.3, -0.25) is 14.5 Å². The standard InChI is InChI=1S/C12H20N2O3/c1-12(11(16)17)6-2-7-14(12)8-5-10(15)13-9-3-4-9/h9H,2-8H2,1H3,(H,13,15)(H,16,17). The third kappa shape index (κ3) is 2.77. The summed E-state index contributed by atoms with van der Waals surface area (Å²) in [6.45, 7) is 3.07. The van der Waals surface area contributed by atoms with Gasteiger partial charge in [-0.2, -0.15) is 0 Å². The molecule has 0 aromatic carbocycles. The molecule has 1 aliphatic heterocycles. The van der Waals surface area contributed by atoms with Crippen molar-refractivity contribution >= 4 is 11.9 Å². The lowest BCUT2D eigenvalue weighted by Crippen LogP contribution is -2.49. The highest BCUT2D eigenvalue weighted by atomic mass is 16.4. The van der Waals surface area contributed by atoms with Gasteiger partial charge in [0.2, 0.25) is 5.91 Å². The van der Waals surface area contributed by atoms with E-state index in [0.29, 0.717) is 25.4 Å². The fraction of sp³-hybridized carbons (Fsp3) is 0.833. The van der Waals surface area contributed by atoms with E-state index in [1.165, 1.54) is 0 Å². The van der Waals surface area contributed by atoms with E-state index in [2.05, 4.69) is 5.32 Å². The van der Waals surface area contributed by atoms with Crippen LogP contribution in [0.2, 0.25) is 0 Å². The lowest BCUT2D eigenvalue weighted by atomic mass is 9.99. The lowest BCUT2D eigenvalue weighted by molar-refractivity contribution is -0.149. The average Bonchev–Trinajstić information content (AvgIpc) is 2.98. The minimum Gasteiger partial charge on any atom is -0.480 e. The Kier molecular flexibility index (Phi) is 3.38. The van der Waals surface area contributed by atoms with E-state index in [9.17, 15) is 14.7 Å². The summed E-state index contributed by atoms with van der Waals surface area (Å²) in [6, 6.07) is 0.381. The van der Waals surface area contributed by atoms with Crippen LogP contribution < -0.4 is 5.32 Å². The summed E-state index contributed by atoms with van der Waals surface area (Å²) >= 11 is 0. The number of rotatable bonds is 5. The highest BCUT2D eigenvalue weighted by Crippen LogP contribution is 2.29. The molecule has 0 bridgehead atoms. The second-order valence-corrected chi connectivity index (χ2v) is 5.26. The largest absolute Gasteiger partial charge is 0.480 e. The molecule has 2 aliphatic rings. The Morgan fingerprint density at radius 2 is 2.18 bits per heavy atom. The molecule has 1 amide bonds. The average molecular weight is 240 g/mol. The Morgan fingerprint density at radius 3 is 2.76 bits per heavy atom. The van der Waals surface area contributed by atoms with Crippen LogP contribution in [0.25, 0.3) is 0 Å². The summed E-state index contributed by atoms with van der Waals surface area (Å²) in [5.41, 5.74) is -0.778. The van der Waals surface area contributed by atoms with E-state index in [-0.39, 0.29) is 5.91 Å². The molecule has 0 spiro atoms. The topological polar surface area (TPSA) is 69.6 Å². The summed E-state index contributed by atoms with van der Waals surface area (Å²) in [5, 5.41) is 12.1. The minimum atomic E-state index is -0.780. The summed E-state index contributed by atoms with van der Waals surface area (Å²) in [5.74, 6) is -0.732. The van der Waals surface area contributed by atoms with Crippen molar-refractivity contribution in [3.63, 3.8) is 0 Å². The van der Waals surface area contributed by atoms with E-state index in [1.54, 1.807) is 6.92 Å². The molecule has 5 heteroatoms. The Hall–Kier alpha value is -1.10. The van der Waals surface area contributed by atoms with Crippen LogP contribution in [0.3, 0.4) is 0 Å². The molecule has 2 fully saturated rings. The summed E-state index contributed by atoms with van der Waals surface area (Å²) in [7, 11) is 0. The summed E-state index contributed by atoms with van der Waals surface area (Å²) < 4.78 is 0. The number of carboxylic acids is 1. The van der Waals surface area contributed by atoms with Gasteiger partial charge < -0.3 is 10.4 Å². The van der Waals surface area contributed by atoms with Gasteiger partial charge in [-0.15, -0.1) is 0 Å². The molecular formula is C12H20N2O3. The van der Waals surface area contributed by atoms with Crippen LogP contribution >= 0.6 is 0 Å². The van der Waals surface area contributed by atoms with Crippen LogP contribution in [0.1, 0.15) is 39.0 Å². The van der Waals surface area contributed by atoms with Crippen molar-refractivity contribution in [2.24, 2.45) is 0 Å². The van der Waals surface area contributed by atoms with Gasteiger partial charge >= 0.3 is 5.97 Å². The molecule has 0 aromatic heterocycles. The van der Waals surface area contributed by atoms with Crippen LogP contribution in [0.15, 0.2) is 0 Å². The number of carboxylic acid groups (broad SMARTS) is 1. The molecule has 1 aliphatic carbocycles. The fourth-order valence-electron chi connectivity index (χ4n) is 2.38. The van der Waals surface area contributed by atoms with Crippen molar-refractivity contribution in [1.82, 2.24) is 10.2 Å². The smallest absolute Gasteiger partial charge is 0.323 e. The van der Waals surface area contributed by atoms with Gasteiger partial charge in [0.05, 0.1) is 0 Å². The van der Waals surface area contributed by atoms with Crippen LogP contribution in [0, 0.1) is 0 Å². The molecule has 0 aromatic rings. The molecule has 1 saturated heterocycles. The quantitative estimate of drug-likeness (QED) is 0.738. The third-order valence-electron chi connectivity index (χ3n) is 3.80. The maximum absolute atomic E-state index is 11.5. The zero-order chi connectivity index (χ0) is 12.5. The Morgan fingerprint density at radius 1 is 1.47 bits per heavy atom. The highest BCUT2D eigenvalue weighted by Gasteiger charge is 2.43. The van der Waals surface area contributed by atoms with E-state index in [0.717, 1.165) is 25.8 Å². The molecule has 96 valence electrons. The monoisotopic (exact) mass is 240 g/mol. The SMILES string of the molecule is CC1(C(=O)O)CCCN1CCC(=O)NC1CC1. The third-order valence-corrected chi connectivity index (χ3v) is 3.80. The number of nitrogens with one attached hydrogen (secondary N) is 1. The molecule has 2 N–H and O–H groups in total. The van der Waals surface area contributed by atoms with Gasteiger partial charge in [-0.1, -0.05) is 0 Å². The molecule has 1 saturated carbocycles. The van der Waals surface area contributed by atoms with E-state index < -0.39 is 11.5 Å². The van der Waals surface area contributed by atoms with Crippen molar-refractivity contribution in [2.45, 2.75) is 50.6 Å². The van der Waals surface area contributed by atoms with Gasteiger partial charge in [0.1, 0.15) is 5.54 Å².